The van der Waals surface area contributed by atoms with E-state index in [-0.39, 0.29) is 17.6 Å². The molecule has 0 aliphatic heterocycles. The van der Waals surface area contributed by atoms with Gasteiger partial charge in [-0.25, -0.2) is 8.42 Å². The maximum atomic E-state index is 10.9. The first-order valence-electron chi connectivity index (χ1n) is 4.19. The van der Waals surface area contributed by atoms with E-state index >= 15 is 0 Å². The van der Waals surface area contributed by atoms with Crippen molar-refractivity contribution in [3.63, 3.8) is 0 Å². The van der Waals surface area contributed by atoms with E-state index in [1.54, 1.807) is 11.9 Å². The van der Waals surface area contributed by atoms with Crippen LogP contribution in [0.5, 0.6) is 0 Å². The quantitative estimate of drug-likeness (QED) is 0.702. The molecule has 0 bridgehead atoms. The molecule has 0 aromatic carbocycles. The van der Waals surface area contributed by atoms with Crippen LogP contribution < -0.4 is 4.90 Å². The molecule has 8 heteroatoms. The fourth-order valence-corrected chi connectivity index (χ4v) is 1.56. The number of nitrogens with zero attached hydrogens (tertiary/aromatic N) is 3. The molecule has 0 spiro atoms. The van der Waals surface area contributed by atoms with Gasteiger partial charge >= 0.3 is 6.01 Å². The van der Waals surface area contributed by atoms with E-state index < -0.39 is 9.84 Å². The van der Waals surface area contributed by atoms with Crippen LogP contribution in [0.1, 0.15) is 5.89 Å². The zero-order chi connectivity index (χ0) is 11.5. The van der Waals surface area contributed by atoms with Gasteiger partial charge in [0.25, 0.3) is 0 Å². The molecular formula is C7H12ClN3O3S. The van der Waals surface area contributed by atoms with E-state index in [4.69, 9.17) is 16.0 Å². The first-order chi connectivity index (χ1) is 6.92. The molecule has 0 N–H and O–H groups in total. The molecule has 0 fully saturated rings. The molecular weight excluding hydrogens is 242 g/mol. The Kier molecular flexibility index (Phi) is 3.92. The number of anilines is 1. The zero-order valence-corrected chi connectivity index (χ0v) is 10.0. The van der Waals surface area contributed by atoms with Gasteiger partial charge in [0, 0.05) is 19.8 Å². The second-order valence-electron chi connectivity index (χ2n) is 3.16. The summed E-state index contributed by atoms with van der Waals surface area (Å²) >= 11 is 5.48. The summed E-state index contributed by atoms with van der Waals surface area (Å²) in [7, 11) is -1.31. The SMILES string of the molecule is CN(CCS(C)(=O)=O)c1nnc(CCl)o1. The molecule has 1 rings (SSSR count). The smallest absolute Gasteiger partial charge is 0.317 e. The summed E-state index contributed by atoms with van der Waals surface area (Å²) in [5.41, 5.74) is 0. The Morgan fingerprint density at radius 3 is 2.60 bits per heavy atom. The van der Waals surface area contributed by atoms with Gasteiger partial charge in [-0.2, -0.15) is 0 Å². The summed E-state index contributed by atoms with van der Waals surface area (Å²) < 4.78 is 27.0. The molecule has 1 aromatic heterocycles. The molecule has 86 valence electrons. The Morgan fingerprint density at radius 2 is 2.13 bits per heavy atom. The molecule has 0 radical (unpaired) electrons. The minimum atomic E-state index is -2.98. The van der Waals surface area contributed by atoms with E-state index in [0.29, 0.717) is 12.4 Å². The largest absolute Gasteiger partial charge is 0.407 e. The fourth-order valence-electron chi connectivity index (χ4n) is 0.851. The topological polar surface area (TPSA) is 76.3 Å². The predicted octanol–water partition coefficient (Wildman–Crippen LogP) is 0.289. The number of alkyl halides is 1. The van der Waals surface area contributed by atoms with Crippen LogP contribution in [0.3, 0.4) is 0 Å². The number of hydrogen-bond donors (Lipinski definition) is 0. The molecule has 15 heavy (non-hydrogen) atoms. The van der Waals surface area contributed by atoms with Gasteiger partial charge in [-0.05, 0) is 0 Å². The molecule has 0 saturated carbocycles. The highest BCUT2D eigenvalue weighted by molar-refractivity contribution is 7.90. The maximum Gasteiger partial charge on any atom is 0.317 e. The van der Waals surface area contributed by atoms with Crippen molar-refractivity contribution in [3.05, 3.63) is 5.89 Å². The van der Waals surface area contributed by atoms with Gasteiger partial charge in [-0.1, -0.05) is 5.10 Å². The average molecular weight is 254 g/mol. The molecule has 1 aromatic rings. The molecule has 0 saturated heterocycles. The van der Waals surface area contributed by atoms with Crippen LogP contribution in [-0.2, 0) is 15.7 Å². The second-order valence-corrected chi connectivity index (χ2v) is 5.69. The minimum absolute atomic E-state index is 0.0437. The van der Waals surface area contributed by atoms with Crippen LogP contribution in [0.15, 0.2) is 4.42 Å². The highest BCUT2D eigenvalue weighted by Gasteiger charge is 2.12. The zero-order valence-electron chi connectivity index (χ0n) is 8.47. The summed E-state index contributed by atoms with van der Waals surface area (Å²) in [5.74, 6) is 0.507. The van der Waals surface area contributed by atoms with Crippen molar-refractivity contribution in [2.45, 2.75) is 5.88 Å². The van der Waals surface area contributed by atoms with Crippen molar-refractivity contribution in [1.29, 1.82) is 0 Å². The molecule has 0 atom stereocenters. The van der Waals surface area contributed by atoms with Gasteiger partial charge in [0.2, 0.25) is 5.89 Å². The summed E-state index contributed by atoms with van der Waals surface area (Å²) in [6, 6.07) is 0.273. The monoisotopic (exact) mass is 253 g/mol. The maximum absolute atomic E-state index is 10.9. The van der Waals surface area contributed by atoms with Crippen molar-refractivity contribution in [2.75, 3.05) is 30.5 Å². The lowest BCUT2D eigenvalue weighted by Crippen LogP contribution is -2.25. The normalized spacial score (nSPS) is 11.7. The Bertz CT molecular complexity index is 417. The van der Waals surface area contributed by atoms with Crippen molar-refractivity contribution in [2.24, 2.45) is 0 Å². The highest BCUT2D eigenvalue weighted by atomic mass is 35.5. The number of sulfone groups is 1. The first kappa shape index (κ1) is 12.3. The number of aromatic nitrogens is 2. The van der Waals surface area contributed by atoms with E-state index in [1.807, 2.05) is 0 Å². The number of hydrogen-bond acceptors (Lipinski definition) is 6. The molecule has 1 heterocycles. The van der Waals surface area contributed by atoms with E-state index in [2.05, 4.69) is 10.2 Å². The predicted molar refractivity (Wildman–Crippen MR) is 56.8 cm³/mol. The Morgan fingerprint density at radius 1 is 1.47 bits per heavy atom. The lowest BCUT2D eigenvalue weighted by Gasteiger charge is -2.12. The van der Waals surface area contributed by atoms with Crippen LogP contribution in [0, 0.1) is 0 Å². The first-order valence-corrected chi connectivity index (χ1v) is 6.79. The van der Waals surface area contributed by atoms with Gasteiger partial charge in [-0.3, -0.25) is 0 Å². The van der Waals surface area contributed by atoms with Gasteiger partial charge < -0.3 is 9.32 Å². The van der Waals surface area contributed by atoms with Gasteiger partial charge in [0.1, 0.15) is 15.7 Å². The third-order valence-corrected chi connectivity index (χ3v) is 2.85. The van der Waals surface area contributed by atoms with Crippen LogP contribution in [0.2, 0.25) is 0 Å². The third-order valence-electron chi connectivity index (χ3n) is 1.69. The average Bonchev–Trinajstić information content (AvgIpc) is 2.61. The fraction of sp³-hybridized carbons (Fsp3) is 0.714. The molecule has 0 aliphatic rings. The van der Waals surface area contributed by atoms with E-state index in [0.717, 1.165) is 0 Å². The van der Waals surface area contributed by atoms with Crippen LogP contribution >= 0.6 is 11.6 Å². The molecule has 0 amide bonds. The van der Waals surface area contributed by atoms with Crippen molar-refractivity contribution in [3.8, 4) is 0 Å². The van der Waals surface area contributed by atoms with Crippen molar-refractivity contribution >= 4 is 27.5 Å². The molecule has 0 aliphatic carbocycles. The van der Waals surface area contributed by atoms with E-state index in [1.165, 1.54) is 6.26 Å². The van der Waals surface area contributed by atoms with Crippen molar-refractivity contribution < 1.29 is 12.8 Å². The lowest BCUT2D eigenvalue weighted by atomic mass is 10.6. The van der Waals surface area contributed by atoms with Gasteiger partial charge in [0.15, 0.2) is 0 Å². The summed E-state index contributed by atoms with van der Waals surface area (Å²) in [6.07, 6.45) is 1.18. The highest BCUT2D eigenvalue weighted by Crippen LogP contribution is 2.11. The summed E-state index contributed by atoms with van der Waals surface area (Å²) in [6.45, 7) is 0.308. The second kappa shape index (κ2) is 4.80. The number of halogens is 1. The van der Waals surface area contributed by atoms with Crippen molar-refractivity contribution in [1.82, 2.24) is 10.2 Å². The minimum Gasteiger partial charge on any atom is -0.407 e. The third kappa shape index (κ3) is 4.05. The Labute approximate surface area is 93.1 Å². The van der Waals surface area contributed by atoms with Gasteiger partial charge in [0.05, 0.1) is 5.75 Å². The van der Waals surface area contributed by atoms with Gasteiger partial charge in [-0.15, -0.1) is 16.7 Å². The molecule has 6 nitrogen and oxygen atoms in total. The Hall–Kier alpha value is -0.820. The van der Waals surface area contributed by atoms with Crippen LogP contribution in [0.25, 0.3) is 0 Å². The molecule has 0 unspecified atom stereocenters. The summed E-state index contributed by atoms with van der Waals surface area (Å²) in [4.78, 5) is 1.57. The number of rotatable bonds is 5. The Balaban J connectivity index is 2.57. The van der Waals surface area contributed by atoms with Crippen LogP contribution in [0.4, 0.5) is 6.01 Å². The standard InChI is InChI=1S/C7H12ClN3O3S/c1-11(3-4-15(2,12)13)7-10-9-6(5-8)14-7/h3-5H2,1-2H3. The van der Waals surface area contributed by atoms with Crippen LogP contribution in [-0.4, -0.2) is 44.2 Å². The summed E-state index contributed by atoms with van der Waals surface area (Å²) in [5, 5.41) is 7.38. The lowest BCUT2D eigenvalue weighted by molar-refractivity contribution is 0.509. The van der Waals surface area contributed by atoms with E-state index in [9.17, 15) is 8.42 Å².